The van der Waals surface area contributed by atoms with Crippen molar-refractivity contribution >= 4 is 40.9 Å². The van der Waals surface area contributed by atoms with Crippen LogP contribution in [0.4, 0.5) is 5.69 Å². The van der Waals surface area contributed by atoms with Crippen LogP contribution in [0.1, 0.15) is 76.9 Å². The van der Waals surface area contributed by atoms with Gasteiger partial charge in [0.25, 0.3) is 0 Å². The number of nitrogens with one attached hydrogen (secondary N) is 4. The van der Waals surface area contributed by atoms with Gasteiger partial charge < -0.3 is 31.9 Å². The zero-order valence-electron chi connectivity index (χ0n) is 29.1. The van der Waals surface area contributed by atoms with Gasteiger partial charge in [-0.15, -0.1) is 0 Å². The molecule has 12 nitrogen and oxygen atoms in total. The summed E-state index contributed by atoms with van der Waals surface area (Å²) in [4.78, 5) is 80.0. The molecule has 12 heteroatoms. The van der Waals surface area contributed by atoms with Crippen molar-refractivity contribution in [3.63, 3.8) is 0 Å². The summed E-state index contributed by atoms with van der Waals surface area (Å²) in [6, 6.07) is 19.0. The minimum Gasteiger partial charge on any atom is -0.384 e. The van der Waals surface area contributed by atoms with Crippen molar-refractivity contribution < 1.29 is 28.8 Å². The van der Waals surface area contributed by atoms with E-state index in [2.05, 4.69) is 21.3 Å². The van der Waals surface area contributed by atoms with Crippen LogP contribution in [0, 0.1) is 5.92 Å². The van der Waals surface area contributed by atoms with Crippen LogP contribution >= 0.6 is 0 Å². The average Bonchev–Trinajstić information content (AvgIpc) is 3.63. The third-order valence-corrected chi connectivity index (χ3v) is 9.19. The van der Waals surface area contributed by atoms with Crippen LogP contribution in [0.25, 0.3) is 0 Å². The fourth-order valence-corrected chi connectivity index (χ4v) is 6.60. The van der Waals surface area contributed by atoms with Crippen LogP contribution in [-0.4, -0.2) is 84.4 Å². The number of likely N-dealkylation sites (tertiary alicyclic amines) is 1. The van der Waals surface area contributed by atoms with Gasteiger partial charge >= 0.3 is 0 Å². The first-order valence-electron chi connectivity index (χ1n) is 17.5. The Morgan fingerprint density at radius 1 is 0.824 bits per heavy atom. The Balaban J connectivity index is 1.07. The Bertz CT molecular complexity index is 1780. The SMILES string of the molecule is CC(C)C[C@H](NC(=O)[C@@H](N)Cc1ccccc1)C(=O)NCC(=O)N1CCC[C@@H]1C(=O)NCCCNc1cccc2c1C(=O)c1ccccc1C2=O. The van der Waals surface area contributed by atoms with Gasteiger partial charge in [0, 0.05) is 42.0 Å². The van der Waals surface area contributed by atoms with Crippen molar-refractivity contribution in [2.45, 2.75) is 64.1 Å². The van der Waals surface area contributed by atoms with E-state index in [-0.39, 0.29) is 35.8 Å². The number of anilines is 1. The van der Waals surface area contributed by atoms with Crippen LogP contribution in [-0.2, 0) is 25.6 Å². The molecule has 0 aromatic heterocycles. The maximum atomic E-state index is 13.2. The zero-order chi connectivity index (χ0) is 36.5. The third kappa shape index (κ3) is 9.06. The lowest BCUT2D eigenvalue weighted by molar-refractivity contribution is -0.139. The number of amides is 4. The van der Waals surface area contributed by atoms with Gasteiger partial charge in [0.2, 0.25) is 23.6 Å². The van der Waals surface area contributed by atoms with Gasteiger partial charge in [-0.2, -0.15) is 0 Å². The van der Waals surface area contributed by atoms with Gasteiger partial charge in [0.15, 0.2) is 11.6 Å². The van der Waals surface area contributed by atoms with E-state index in [0.29, 0.717) is 79.7 Å². The summed E-state index contributed by atoms with van der Waals surface area (Å²) in [5.41, 5.74) is 9.10. The first-order chi connectivity index (χ1) is 24.5. The number of nitrogens with two attached hydrogens (primary N) is 1. The average molecular weight is 695 g/mol. The fraction of sp³-hybridized carbons (Fsp3) is 0.385. The van der Waals surface area contributed by atoms with Crippen molar-refractivity contribution in [2.75, 3.05) is 31.5 Å². The Labute approximate surface area is 297 Å². The van der Waals surface area contributed by atoms with E-state index in [1.807, 2.05) is 44.2 Å². The smallest absolute Gasteiger partial charge is 0.243 e. The van der Waals surface area contributed by atoms with Crippen molar-refractivity contribution in [3.8, 4) is 0 Å². The minimum atomic E-state index is -0.866. The van der Waals surface area contributed by atoms with E-state index in [9.17, 15) is 28.8 Å². The highest BCUT2D eigenvalue weighted by atomic mass is 16.2. The molecule has 5 rings (SSSR count). The lowest BCUT2D eigenvalue weighted by Gasteiger charge is -2.25. The molecule has 0 unspecified atom stereocenters. The molecule has 6 N–H and O–H groups in total. The maximum absolute atomic E-state index is 13.2. The van der Waals surface area contributed by atoms with Gasteiger partial charge in [-0.3, -0.25) is 28.8 Å². The standard InChI is InChI=1S/C39H46N6O6/c1-24(2)21-31(44-37(49)29(40)22-25-11-4-3-5-12-25)38(50)43-23-33(46)45-20-9-17-32(45)39(51)42-19-10-18-41-30-16-8-15-28-34(30)36(48)27-14-7-6-13-26(27)35(28)47/h3-8,11-16,24,29,31-32,41H,9-10,17-23,40H2,1-2H3,(H,42,51)(H,43,50)(H,44,49)/t29-,31-,32+/m0/s1. The van der Waals surface area contributed by atoms with E-state index in [0.717, 1.165) is 5.56 Å². The number of hydrogen-bond donors (Lipinski definition) is 5. The van der Waals surface area contributed by atoms with Crippen LogP contribution in [0.3, 0.4) is 0 Å². The van der Waals surface area contributed by atoms with Gasteiger partial charge in [-0.1, -0.05) is 80.6 Å². The number of ketones is 2. The molecule has 1 saturated heterocycles. The van der Waals surface area contributed by atoms with Crippen molar-refractivity contribution in [3.05, 3.63) is 101 Å². The molecule has 0 bridgehead atoms. The predicted octanol–water partition coefficient (Wildman–Crippen LogP) is 2.59. The van der Waals surface area contributed by atoms with E-state index < -0.39 is 29.9 Å². The molecule has 4 amide bonds. The zero-order valence-corrected chi connectivity index (χ0v) is 29.1. The molecule has 51 heavy (non-hydrogen) atoms. The normalized spacial score (nSPS) is 16.2. The molecule has 268 valence electrons. The third-order valence-electron chi connectivity index (χ3n) is 9.19. The molecule has 3 atom stereocenters. The number of nitrogens with zero attached hydrogens (tertiary/aromatic N) is 1. The Morgan fingerprint density at radius 3 is 2.24 bits per heavy atom. The monoisotopic (exact) mass is 694 g/mol. The highest BCUT2D eigenvalue weighted by molar-refractivity contribution is 6.30. The predicted molar refractivity (Wildman–Crippen MR) is 193 cm³/mol. The summed E-state index contributed by atoms with van der Waals surface area (Å²) in [5, 5.41) is 11.5. The first kappa shape index (κ1) is 36.9. The number of carbonyl (C=O) groups is 6. The van der Waals surface area contributed by atoms with Gasteiger partial charge in [-0.25, -0.2) is 0 Å². The van der Waals surface area contributed by atoms with Crippen molar-refractivity contribution in [1.82, 2.24) is 20.9 Å². The summed E-state index contributed by atoms with van der Waals surface area (Å²) in [6.07, 6.45) is 2.37. The molecule has 1 aliphatic carbocycles. The summed E-state index contributed by atoms with van der Waals surface area (Å²) in [6.45, 7) is 4.72. The van der Waals surface area contributed by atoms with E-state index in [4.69, 9.17) is 5.73 Å². The first-order valence-corrected chi connectivity index (χ1v) is 17.5. The molecule has 1 heterocycles. The van der Waals surface area contributed by atoms with Crippen LogP contribution in [0.15, 0.2) is 72.8 Å². The van der Waals surface area contributed by atoms with E-state index in [1.54, 1.807) is 42.5 Å². The Kier molecular flexibility index (Phi) is 12.3. The summed E-state index contributed by atoms with van der Waals surface area (Å²) < 4.78 is 0. The largest absolute Gasteiger partial charge is 0.384 e. The van der Waals surface area contributed by atoms with Crippen LogP contribution in [0.5, 0.6) is 0 Å². The molecular weight excluding hydrogens is 648 g/mol. The van der Waals surface area contributed by atoms with Crippen molar-refractivity contribution in [1.29, 1.82) is 0 Å². The molecule has 2 aliphatic rings. The molecule has 0 spiro atoms. The van der Waals surface area contributed by atoms with E-state index >= 15 is 0 Å². The minimum absolute atomic E-state index is 0.0891. The molecule has 1 fully saturated rings. The maximum Gasteiger partial charge on any atom is 0.243 e. The fourth-order valence-electron chi connectivity index (χ4n) is 6.60. The topological polar surface area (TPSA) is 180 Å². The van der Waals surface area contributed by atoms with E-state index in [1.165, 1.54) is 4.90 Å². The number of benzene rings is 3. The lowest BCUT2D eigenvalue weighted by Crippen LogP contribution is -2.54. The number of hydrogen-bond acceptors (Lipinski definition) is 8. The number of carbonyl (C=O) groups excluding carboxylic acids is 6. The van der Waals surface area contributed by atoms with Crippen LogP contribution < -0.4 is 27.0 Å². The van der Waals surface area contributed by atoms with Gasteiger partial charge in [0.05, 0.1) is 18.2 Å². The highest BCUT2D eigenvalue weighted by Crippen LogP contribution is 2.32. The summed E-state index contributed by atoms with van der Waals surface area (Å²) in [5.74, 6) is -1.90. The number of rotatable bonds is 15. The van der Waals surface area contributed by atoms with Gasteiger partial charge in [0.1, 0.15) is 12.1 Å². The molecule has 3 aromatic carbocycles. The molecule has 0 radical (unpaired) electrons. The molecule has 3 aromatic rings. The van der Waals surface area contributed by atoms with Gasteiger partial charge in [-0.05, 0) is 49.7 Å². The highest BCUT2D eigenvalue weighted by Gasteiger charge is 2.35. The second-order valence-electron chi connectivity index (χ2n) is 13.5. The second kappa shape index (κ2) is 17.0. The summed E-state index contributed by atoms with van der Waals surface area (Å²) in [7, 11) is 0. The second-order valence-corrected chi connectivity index (χ2v) is 13.5. The molecule has 1 aliphatic heterocycles. The van der Waals surface area contributed by atoms with Crippen molar-refractivity contribution in [2.24, 2.45) is 11.7 Å². The number of fused-ring (bicyclic) bond motifs is 2. The summed E-state index contributed by atoms with van der Waals surface area (Å²) >= 11 is 0. The Hall–Kier alpha value is -5.36. The molecular formula is C39H46N6O6. The Morgan fingerprint density at radius 2 is 1.51 bits per heavy atom. The quantitative estimate of drug-likeness (QED) is 0.118. The lowest BCUT2D eigenvalue weighted by atomic mass is 9.83. The molecule has 0 saturated carbocycles. The van der Waals surface area contributed by atoms with Crippen LogP contribution in [0.2, 0.25) is 0 Å².